The molecule has 40 heavy (non-hydrogen) atoms. The summed E-state index contributed by atoms with van der Waals surface area (Å²) < 4.78 is 29.5. The van der Waals surface area contributed by atoms with Gasteiger partial charge in [0.05, 0.1) is 20.6 Å². The number of benzene rings is 3. The van der Waals surface area contributed by atoms with Crippen LogP contribution in [0.25, 0.3) is 0 Å². The van der Waals surface area contributed by atoms with E-state index in [4.69, 9.17) is 23.2 Å². The van der Waals surface area contributed by atoms with Gasteiger partial charge in [0.25, 0.3) is 10.0 Å². The first kappa shape index (κ1) is 31.9. The van der Waals surface area contributed by atoms with Gasteiger partial charge in [0.1, 0.15) is 12.6 Å². The predicted molar refractivity (Wildman–Crippen MR) is 164 cm³/mol. The lowest BCUT2D eigenvalue weighted by Crippen LogP contribution is -2.52. The zero-order chi connectivity index (χ0) is 29.6. The Bertz CT molecular complexity index is 1470. The fourth-order valence-corrected chi connectivity index (χ4v) is 5.99. The van der Waals surface area contributed by atoms with Crippen molar-refractivity contribution in [1.82, 2.24) is 10.2 Å². The van der Waals surface area contributed by atoms with Gasteiger partial charge < -0.3 is 10.2 Å². The minimum Gasteiger partial charge on any atom is -0.352 e. The van der Waals surface area contributed by atoms with Crippen LogP contribution in [0.2, 0.25) is 10.0 Å². The van der Waals surface area contributed by atoms with Crippen LogP contribution in [0, 0.1) is 6.92 Å². The topological polar surface area (TPSA) is 86.8 Å². The smallest absolute Gasteiger partial charge is 0.264 e. The van der Waals surface area contributed by atoms with Gasteiger partial charge >= 0.3 is 0 Å². The van der Waals surface area contributed by atoms with E-state index in [-0.39, 0.29) is 23.4 Å². The second kappa shape index (κ2) is 13.9. The highest BCUT2D eigenvalue weighted by Gasteiger charge is 2.33. The van der Waals surface area contributed by atoms with E-state index in [0.29, 0.717) is 32.2 Å². The molecular formula is C29H32BrCl2N3O4S. The molecule has 0 spiro atoms. The summed E-state index contributed by atoms with van der Waals surface area (Å²) in [5.74, 6) is -0.910. The highest BCUT2D eigenvalue weighted by molar-refractivity contribution is 9.10. The summed E-state index contributed by atoms with van der Waals surface area (Å²) in [4.78, 5) is 28.5. The number of nitrogens with one attached hydrogen (secondary N) is 1. The molecular weight excluding hydrogens is 637 g/mol. The van der Waals surface area contributed by atoms with Crippen molar-refractivity contribution in [2.24, 2.45) is 0 Å². The summed E-state index contributed by atoms with van der Waals surface area (Å²) in [6, 6.07) is 17.1. The van der Waals surface area contributed by atoms with E-state index in [1.54, 1.807) is 61.5 Å². The Labute approximate surface area is 254 Å². The van der Waals surface area contributed by atoms with Crippen LogP contribution >= 0.6 is 39.1 Å². The molecule has 7 nitrogen and oxygen atoms in total. The van der Waals surface area contributed by atoms with Crippen LogP contribution in [-0.2, 0) is 26.2 Å². The number of amides is 2. The number of carbonyl (C=O) groups is 2. The maximum atomic E-state index is 14.0. The van der Waals surface area contributed by atoms with Gasteiger partial charge in [0.15, 0.2) is 0 Å². The highest BCUT2D eigenvalue weighted by atomic mass is 79.9. The van der Waals surface area contributed by atoms with Gasteiger partial charge in [0.2, 0.25) is 11.8 Å². The van der Waals surface area contributed by atoms with Crippen molar-refractivity contribution < 1.29 is 18.0 Å². The number of nitrogens with zero attached hydrogens (tertiary/aromatic N) is 2. The highest BCUT2D eigenvalue weighted by Crippen LogP contribution is 2.28. The maximum absolute atomic E-state index is 14.0. The lowest BCUT2D eigenvalue weighted by molar-refractivity contribution is -0.139. The Kier molecular flexibility index (Phi) is 11.1. The number of rotatable bonds is 11. The summed E-state index contributed by atoms with van der Waals surface area (Å²) in [5.41, 5.74) is 1.84. The van der Waals surface area contributed by atoms with Crippen molar-refractivity contribution in [3.8, 4) is 0 Å². The van der Waals surface area contributed by atoms with Crippen molar-refractivity contribution in [3.63, 3.8) is 0 Å². The number of carbonyl (C=O) groups excluding carboxylic acids is 2. The third-order valence-corrected chi connectivity index (χ3v) is 9.51. The summed E-state index contributed by atoms with van der Waals surface area (Å²) in [6.45, 7) is 6.78. The minimum absolute atomic E-state index is 0.0156. The molecule has 3 rings (SSSR count). The molecule has 0 fully saturated rings. The lowest BCUT2D eigenvalue weighted by atomic mass is 10.1. The molecule has 0 aliphatic heterocycles. The predicted octanol–water partition coefficient (Wildman–Crippen LogP) is 6.59. The molecule has 0 unspecified atom stereocenters. The van der Waals surface area contributed by atoms with Crippen LogP contribution in [0.4, 0.5) is 5.69 Å². The number of halogens is 3. The first-order valence-electron chi connectivity index (χ1n) is 12.7. The monoisotopic (exact) mass is 667 g/mol. The third-order valence-electron chi connectivity index (χ3n) is 6.49. The number of hydrogen-bond acceptors (Lipinski definition) is 4. The van der Waals surface area contributed by atoms with Gasteiger partial charge in [-0.05, 0) is 75.2 Å². The molecule has 2 amide bonds. The molecule has 0 aliphatic rings. The zero-order valence-corrected chi connectivity index (χ0v) is 26.6. The molecule has 0 radical (unpaired) electrons. The number of hydrogen-bond donors (Lipinski definition) is 1. The second-order valence-electron chi connectivity index (χ2n) is 9.57. The molecule has 0 aromatic heterocycles. The Morgan fingerprint density at radius 1 is 0.975 bits per heavy atom. The average molecular weight is 669 g/mol. The largest absolute Gasteiger partial charge is 0.352 e. The van der Waals surface area contributed by atoms with Gasteiger partial charge in [0, 0.05) is 17.1 Å². The van der Waals surface area contributed by atoms with E-state index < -0.39 is 28.5 Å². The van der Waals surface area contributed by atoms with E-state index in [2.05, 4.69) is 21.2 Å². The van der Waals surface area contributed by atoms with Crippen molar-refractivity contribution in [3.05, 3.63) is 92.4 Å². The quantitative estimate of drug-likeness (QED) is 0.250. The molecule has 11 heteroatoms. The van der Waals surface area contributed by atoms with Crippen molar-refractivity contribution in [2.75, 3.05) is 10.8 Å². The molecule has 214 valence electrons. The average Bonchev–Trinajstić information content (AvgIpc) is 2.91. The normalized spacial score (nSPS) is 12.9. The van der Waals surface area contributed by atoms with Crippen LogP contribution in [0.3, 0.4) is 0 Å². The number of sulfonamides is 1. The van der Waals surface area contributed by atoms with Gasteiger partial charge in [-0.25, -0.2) is 8.42 Å². The van der Waals surface area contributed by atoms with E-state index in [9.17, 15) is 18.0 Å². The van der Waals surface area contributed by atoms with Gasteiger partial charge in [-0.15, -0.1) is 0 Å². The summed E-state index contributed by atoms with van der Waals surface area (Å²) >= 11 is 15.7. The molecule has 0 heterocycles. The standard InChI is InChI=1S/C29H32BrCl2N3O4S/c1-5-20(3)33-29(37)21(4)34(17-22-11-14-26(31)27(32)15-22)28(36)18-35(24-8-6-7-23(30)16-24)40(38,39)25-12-9-19(2)10-13-25/h6-16,20-21H,5,17-18H2,1-4H3,(H,33,37)/t20-,21-/m0/s1. The zero-order valence-electron chi connectivity index (χ0n) is 22.7. The van der Waals surface area contributed by atoms with E-state index in [1.807, 2.05) is 20.8 Å². The number of anilines is 1. The van der Waals surface area contributed by atoms with Crippen LogP contribution < -0.4 is 9.62 Å². The Hall–Kier alpha value is -2.59. The third kappa shape index (κ3) is 8.00. The molecule has 3 aromatic rings. The van der Waals surface area contributed by atoms with Crippen molar-refractivity contribution >= 4 is 66.7 Å². The molecule has 0 bridgehead atoms. The Morgan fingerprint density at radius 3 is 2.25 bits per heavy atom. The summed E-state index contributed by atoms with van der Waals surface area (Å²) in [6.07, 6.45) is 0.713. The van der Waals surface area contributed by atoms with Gasteiger partial charge in [-0.2, -0.15) is 0 Å². The minimum atomic E-state index is -4.14. The van der Waals surface area contributed by atoms with E-state index >= 15 is 0 Å². The molecule has 2 atom stereocenters. The Morgan fingerprint density at radius 2 is 1.65 bits per heavy atom. The molecule has 0 aliphatic carbocycles. The molecule has 0 saturated heterocycles. The second-order valence-corrected chi connectivity index (χ2v) is 13.2. The van der Waals surface area contributed by atoms with Crippen LogP contribution in [-0.4, -0.2) is 43.8 Å². The fraction of sp³-hybridized carbons (Fsp3) is 0.310. The maximum Gasteiger partial charge on any atom is 0.264 e. The first-order chi connectivity index (χ1) is 18.8. The van der Waals surface area contributed by atoms with Crippen molar-refractivity contribution in [2.45, 2.75) is 57.6 Å². The van der Waals surface area contributed by atoms with E-state index in [0.717, 1.165) is 9.87 Å². The Balaban J connectivity index is 2.04. The molecule has 0 saturated carbocycles. The number of aryl methyl sites for hydroxylation is 1. The van der Waals surface area contributed by atoms with Crippen LogP contribution in [0.5, 0.6) is 0 Å². The summed E-state index contributed by atoms with van der Waals surface area (Å²) in [5, 5.41) is 3.57. The summed E-state index contributed by atoms with van der Waals surface area (Å²) in [7, 11) is -4.14. The van der Waals surface area contributed by atoms with Gasteiger partial charge in [-0.1, -0.05) is 75.9 Å². The molecule has 1 N–H and O–H groups in total. The van der Waals surface area contributed by atoms with Gasteiger partial charge in [-0.3, -0.25) is 13.9 Å². The SMILES string of the molecule is CC[C@H](C)NC(=O)[C@H](C)N(Cc1ccc(Cl)c(Cl)c1)C(=O)CN(c1cccc(Br)c1)S(=O)(=O)c1ccc(C)cc1. The first-order valence-corrected chi connectivity index (χ1v) is 15.7. The van der Waals surface area contributed by atoms with E-state index in [1.165, 1.54) is 17.0 Å². The lowest BCUT2D eigenvalue weighted by Gasteiger charge is -2.32. The van der Waals surface area contributed by atoms with Crippen LogP contribution in [0.15, 0.2) is 76.1 Å². The van der Waals surface area contributed by atoms with Crippen molar-refractivity contribution in [1.29, 1.82) is 0 Å². The van der Waals surface area contributed by atoms with Crippen LogP contribution in [0.1, 0.15) is 38.3 Å². The fourth-order valence-electron chi connectivity index (χ4n) is 3.88. The molecule has 3 aromatic carbocycles.